The Bertz CT molecular complexity index is 493. The predicted octanol–water partition coefficient (Wildman–Crippen LogP) is 2.99. The molecule has 3 nitrogen and oxygen atoms in total. The first kappa shape index (κ1) is 12.1. The van der Waals surface area contributed by atoms with Crippen LogP contribution in [-0.2, 0) is 6.54 Å². The second-order valence-corrected chi connectivity index (χ2v) is 4.51. The van der Waals surface area contributed by atoms with Crippen molar-refractivity contribution in [3.63, 3.8) is 0 Å². The zero-order chi connectivity index (χ0) is 12.3. The number of hydrogen-bond acceptors (Lipinski definition) is 2. The van der Waals surface area contributed by atoms with E-state index < -0.39 is 0 Å². The van der Waals surface area contributed by atoms with Crippen molar-refractivity contribution in [2.45, 2.75) is 25.9 Å². The molecule has 0 radical (unpaired) electrons. The fraction of sp³-hybridized carbons (Fsp3) is 0.308. The Labute approximate surface area is 106 Å². The summed E-state index contributed by atoms with van der Waals surface area (Å²) in [7, 11) is 0. The molecular formula is C13H16ClN3. The van der Waals surface area contributed by atoms with Crippen LogP contribution in [0.4, 0.5) is 0 Å². The van der Waals surface area contributed by atoms with Gasteiger partial charge in [0.2, 0.25) is 0 Å². The van der Waals surface area contributed by atoms with Crippen molar-refractivity contribution in [1.82, 2.24) is 9.78 Å². The minimum absolute atomic E-state index is 0.167. The van der Waals surface area contributed by atoms with Gasteiger partial charge in [0, 0.05) is 23.3 Å². The zero-order valence-corrected chi connectivity index (χ0v) is 10.6. The first-order valence-electron chi connectivity index (χ1n) is 5.74. The predicted molar refractivity (Wildman–Crippen MR) is 70.0 cm³/mol. The molecule has 1 aromatic carbocycles. The van der Waals surface area contributed by atoms with Gasteiger partial charge in [-0.25, -0.2) is 0 Å². The highest BCUT2D eigenvalue weighted by Gasteiger charge is 2.11. The van der Waals surface area contributed by atoms with E-state index >= 15 is 0 Å². The summed E-state index contributed by atoms with van der Waals surface area (Å²) < 4.78 is 1.92. The highest BCUT2D eigenvalue weighted by Crippen LogP contribution is 2.21. The molecule has 0 saturated carbocycles. The number of nitrogens with zero attached hydrogens (tertiary/aromatic N) is 2. The maximum atomic E-state index is 6.18. The van der Waals surface area contributed by atoms with Gasteiger partial charge in [0.1, 0.15) is 0 Å². The van der Waals surface area contributed by atoms with Gasteiger partial charge in [-0.05, 0) is 24.1 Å². The number of aryl methyl sites for hydroxylation is 1. The average molecular weight is 250 g/mol. The van der Waals surface area contributed by atoms with Gasteiger partial charge >= 0.3 is 0 Å². The number of nitrogens with two attached hydrogens (primary N) is 1. The number of halogens is 1. The summed E-state index contributed by atoms with van der Waals surface area (Å²) in [4.78, 5) is 0. The van der Waals surface area contributed by atoms with Crippen LogP contribution in [0.5, 0.6) is 0 Å². The molecule has 2 rings (SSSR count). The molecule has 0 fully saturated rings. The zero-order valence-electron chi connectivity index (χ0n) is 9.81. The summed E-state index contributed by atoms with van der Waals surface area (Å²) in [6, 6.07) is 7.46. The van der Waals surface area contributed by atoms with Crippen molar-refractivity contribution in [3.8, 4) is 0 Å². The quantitative estimate of drug-likeness (QED) is 0.905. The molecule has 0 aliphatic rings. The number of rotatable bonds is 4. The molecular weight excluding hydrogens is 234 g/mol. The van der Waals surface area contributed by atoms with Crippen molar-refractivity contribution in [3.05, 3.63) is 52.8 Å². The van der Waals surface area contributed by atoms with Crippen molar-refractivity contribution < 1.29 is 0 Å². The summed E-state index contributed by atoms with van der Waals surface area (Å²) in [6.07, 6.45) is 4.88. The smallest absolute Gasteiger partial charge is 0.0583 e. The van der Waals surface area contributed by atoms with Gasteiger partial charge in [0.25, 0.3) is 0 Å². The highest BCUT2D eigenvalue weighted by atomic mass is 35.5. The van der Waals surface area contributed by atoms with Gasteiger partial charge < -0.3 is 5.73 Å². The lowest BCUT2D eigenvalue weighted by molar-refractivity contribution is 0.602. The van der Waals surface area contributed by atoms with E-state index in [1.54, 1.807) is 0 Å². The molecule has 2 aromatic rings. The fourth-order valence-electron chi connectivity index (χ4n) is 1.78. The Hall–Kier alpha value is -1.32. The van der Waals surface area contributed by atoms with E-state index in [9.17, 15) is 0 Å². The molecule has 0 bridgehead atoms. The van der Waals surface area contributed by atoms with E-state index in [4.69, 9.17) is 17.3 Å². The van der Waals surface area contributed by atoms with E-state index in [1.807, 2.05) is 41.3 Å². The number of hydrogen-bond donors (Lipinski definition) is 1. The van der Waals surface area contributed by atoms with E-state index in [1.165, 1.54) is 0 Å². The standard InChI is InChI=1S/C13H16ClN3/c1-2-6-17-9-11(8-16-17)13(15)10-4-3-5-12(14)7-10/h3-5,7-9,13H,2,6,15H2,1H3. The molecule has 90 valence electrons. The topological polar surface area (TPSA) is 43.8 Å². The highest BCUT2D eigenvalue weighted by molar-refractivity contribution is 6.30. The van der Waals surface area contributed by atoms with Crippen LogP contribution < -0.4 is 5.73 Å². The lowest BCUT2D eigenvalue weighted by atomic mass is 10.0. The van der Waals surface area contributed by atoms with Gasteiger partial charge in [-0.15, -0.1) is 0 Å². The van der Waals surface area contributed by atoms with Gasteiger partial charge in [0.05, 0.1) is 12.2 Å². The molecule has 0 saturated heterocycles. The van der Waals surface area contributed by atoms with Crippen LogP contribution in [0.2, 0.25) is 5.02 Å². The summed E-state index contributed by atoms with van der Waals surface area (Å²) >= 11 is 5.95. The Morgan fingerprint density at radius 3 is 2.94 bits per heavy atom. The average Bonchev–Trinajstić information content (AvgIpc) is 2.77. The van der Waals surface area contributed by atoms with Crippen molar-refractivity contribution in [2.75, 3.05) is 0 Å². The van der Waals surface area contributed by atoms with E-state index in [0.717, 1.165) is 24.1 Å². The summed E-state index contributed by atoms with van der Waals surface area (Å²) in [5.41, 5.74) is 8.21. The molecule has 1 aromatic heterocycles. The monoisotopic (exact) mass is 249 g/mol. The Morgan fingerprint density at radius 1 is 1.41 bits per heavy atom. The van der Waals surface area contributed by atoms with Crippen LogP contribution in [0.1, 0.15) is 30.5 Å². The first-order chi connectivity index (χ1) is 8.20. The molecule has 1 atom stereocenters. The molecule has 1 heterocycles. The van der Waals surface area contributed by atoms with Crippen LogP contribution in [0, 0.1) is 0 Å². The molecule has 0 aliphatic heterocycles. The Balaban J connectivity index is 2.21. The fourth-order valence-corrected chi connectivity index (χ4v) is 1.98. The molecule has 0 spiro atoms. The first-order valence-corrected chi connectivity index (χ1v) is 6.12. The van der Waals surface area contributed by atoms with Crippen LogP contribution in [0.3, 0.4) is 0 Å². The Morgan fingerprint density at radius 2 is 2.24 bits per heavy atom. The van der Waals surface area contributed by atoms with Crippen LogP contribution in [-0.4, -0.2) is 9.78 Å². The van der Waals surface area contributed by atoms with Crippen LogP contribution >= 0.6 is 11.6 Å². The maximum Gasteiger partial charge on any atom is 0.0583 e. The second-order valence-electron chi connectivity index (χ2n) is 4.07. The third kappa shape index (κ3) is 2.87. The summed E-state index contributed by atoms with van der Waals surface area (Å²) in [5, 5.41) is 4.99. The molecule has 4 heteroatoms. The molecule has 1 unspecified atom stereocenters. The Kier molecular flexibility index (Phi) is 3.82. The molecule has 17 heavy (non-hydrogen) atoms. The van der Waals surface area contributed by atoms with Crippen molar-refractivity contribution in [2.24, 2.45) is 5.73 Å². The van der Waals surface area contributed by atoms with Gasteiger partial charge in [-0.1, -0.05) is 30.7 Å². The van der Waals surface area contributed by atoms with Crippen LogP contribution in [0.15, 0.2) is 36.7 Å². The SMILES string of the molecule is CCCn1cc(C(N)c2cccc(Cl)c2)cn1. The number of benzene rings is 1. The van der Waals surface area contributed by atoms with Crippen LogP contribution in [0.25, 0.3) is 0 Å². The minimum Gasteiger partial charge on any atom is -0.320 e. The third-order valence-corrected chi connectivity index (χ3v) is 2.91. The van der Waals surface area contributed by atoms with Gasteiger partial charge in [0.15, 0.2) is 0 Å². The van der Waals surface area contributed by atoms with Gasteiger partial charge in [-0.3, -0.25) is 4.68 Å². The third-order valence-electron chi connectivity index (χ3n) is 2.67. The second kappa shape index (κ2) is 5.34. The van der Waals surface area contributed by atoms with Gasteiger partial charge in [-0.2, -0.15) is 5.10 Å². The summed E-state index contributed by atoms with van der Waals surface area (Å²) in [5.74, 6) is 0. The molecule has 0 aliphatic carbocycles. The van der Waals surface area contributed by atoms with E-state index in [2.05, 4.69) is 12.0 Å². The normalized spacial score (nSPS) is 12.6. The van der Waals surface area contributed by atoms with E-state index in [-0.39, 0.29) is 6.04 Å². The molecule has 0 amide bonds. The number of aromatic nitrogens is 2. The maximum absolute atomic E-state index is 6.18. The molecule has 2 N–H and O–H groups in total. The minimum atomic E-state index is -0.167. The lowest BCUT2D eigenvalue weighted by Gasteiger charge is -2.09. The summed E-state index contributed by atoms with van der Waals surface area (Å²) in [6.45, 7) is 3.04. The van der Waals surface area contributed by atoms with Crippen molar-refractivity contribution in [1.29, 1.82) is 0 Å². The largest absolute Gasteiger partial charge is 0.320 e. The van der Waals surface area contributed by atoms with Crippen molar-refractivity contribution >= 4 is 11.6 Å². The van der Waals surface area contributed by atoms with E-state index in [0.29, 0.717) is 5.02 Å². The lowest BCUT2D eigenvalue weighted by Crippen LogP contribution is -2.11.